The molecule has 0 bridgehead atoms. The van der Waals surface area contributed by atoms with E-state index < -0.39 is 24.2 Å². The average Bonchev–Trinajstić information content (AvgIpc) is 2.41. The lowest BCUT2D eigenvalue weighted by atomic mass is 10.0. The van der Waals surface area contributed by atoms with Gasteiger partial charge in [0.15, 0.2) is 0 Å². The second kappa shape index (κ2) is 8.11. The van der Waals surface area contributed by atoms with Crippen molar-refractivity contribution >= 4 is 41.1 Å². The van der Waals surface area contributed by atoms with Crippen LogP contribution in [0, 0.1) is 0 Å². The highest BCUT2D eigenvalue weighted by atomic mass is 35.5. The van der Waals surface area contributed by atoms with Gasteiger partial charge in [-0.05, 0) is 19.9 Å². The molecule has 11 heteroatoms. The lowest BCUT2D eigenvalue weighted by molar-refractivity contribution is -0.232. The first-order chi connectivity index (χ1) is 11.4. The molecule has 0 radical (unpaired) electrons. The summed E-state index contributed by atoms with van der Waals surface area (Å²) in [5.74, 6) is -1.63. The van der Waals surface area contributed by atoms with Crippen molar-refractivity contribution in [3.63, 3.8) is 0 Å². The Hall–Kier alpha value is -1.71. The Morgan fingerprint density at radius 2 is 1.96 bits per heavy atom. The summed E-state index contributed by atoms with van der Waals surface area (Å²) in [5.41, 5.74) is -1.38. The van der Waals surface area contributed by atoms with Gasteiger partial charge in [-0.3, -0.25) is 10.2 Å². The Bertz CT molecular complexity index is 668. The smallest absolute Gasteiger partial charge is 0.423 e. The van der Waals surface area contributed by atoms with Crippen molar-refractivity contribution in [3.05, 3.63) is 22.2 Å². The van der Waals surface area contributed by atoms with Crippen LogP contribution in [0.2, 0.25) is 10.0 Å². The van der Waals surface area contributed by atoms with Crippen molar-refractivity contribution in [3.8, 4) is 5.75 Å². The number of anilines is 1. The van der Waals surface area contributed by atoms with Gasteiger partial charge >= 0.3 is 12.1 Å². The molecule has 1 aromatic rings. The summed E-state index contributed by atoms with van der Waals surface area (Å²) < 4.78 is 43.9. The van der Waals surface area contributed by atoms with Gasteiger partial charge in [0.2, 0.25) is 5.60 Å². The van der Waals surface area contributed by atoms with Gasteiger partial charge in [0, 0.05) is 6.07 Å². The van der Waals surface area contributed by atoms with Crippen LogP contribution in [-0.4, -0.2) is 40.3 Å². The first kappa shape index (κ1) is 21.3. The molecule has 0 aliphatic carbocycles. The zero-order valence-electron chi connectivity index (χ0n) is 13.1. The summed E-state index contributed by atoms with van der Waals surface area (Å²) in [5, 5.41) is 21.5. The van der Waals surface area contributed by atoms with Crippen LogP contribution in [0.15, 0.2) is 17.2 Å². The van der Waals surface area contributed by atoms with E-state index in [2.05, 4.69) is 10.5 Å². The van der Waals surface area contributed by atoms with Gasteiger partial charge in [-0.2, -0.15) is 18.3 Å². The number of hydrogen-bond donors (Lipinski definition) is 3. The second-order valence-electron chi connectivity index (χ2n) is 5.29. The largest absolute Gasteiger partial charge is 0.489 e. The molecule has 0 saturated heterocycles. The number of alkyl halides is 3. The van der Waals surface area contributed by atoms with Crippen LogP contribution in [0.4, 0.5) is 18.9 Å². The normalized spacial score (nSPS) is 14.6. The molecule has 1 atom stereocenters. The Morgan fingerprint density at radius 1 is 1.36 bits per heavy atom. The van der Waals surface area contributed by atoms with E-state index in [0.717, 1.165) is 0 Å². The molecule has 0 spiro atoms. The van der Waals surface area contributed by atoms with Crippen molar-refractivity contribution in [2.45, 2.75) is 38.1 Å². The van der Waals surface area contributed by atoms with E-state index in [-0.39, 0.29) is 33.8 Å². The highest BCUT2D eigenvalue weighted by Gasteiger charge is 2.54. The van der Waals surface area contributed by atoms with Crippen molar-refractivity contribution < 1.29 is 32.9 Å². The molecular formula is C14H15Cl2F3N2O4. The number of aliphatic carboxylic acids is 1. The fourth-order valence-electron chi connectivity index (χ4n) is 1.62. The molecule has 1 rings (SSSR count). The van der Waals surface area contributed by atoms with Crippen molar-refractivity contribution in [1.82, 2.24) is 0 Å². The quantitative estimate of drug-likeness (QED) is 0.474. The third kappa shape index (κ3) is 5.94. The molecule has 3 N–H and O–H groups in total. The summed E-state index contributed by atoms with van der Waals surface area (Å²) >= 11 is 11.8. The first-order valence-electron chi connectivity index (χ1n) is 6.82. The summed E-state index contributed by atoms with van der Waals surface area (Å²) in [6.07, 6.45) is -7.00. The minimum Gasteiger partial charge on any atom is -0.489 e. The number of aliphatic hydroxyl groups is 1. The van der Waals surface area contributed by atoms with Gasteiger partial charge in [-0.1, -0.05) is 23.2 Å². The fourth-order valence-corrected chi connectivity index (χ4v) is 2.09. The summed E-state index contributed by atoms with van der Waals surface area (Å²) in [6, 6.07) is 2.61. The number of carbonyl (C=O) groups is 1. The van der Waals surface area contributed by atoms with E-state index in [1.165, 1.54) is 12.1 Å². The van der Waals surface area contributed by atoms with E-state index in [9.17, 15) is 23.1 Å². The van der Waals surface area contributed by atoms with Crippen LogP contribution in [0.3, 0.4) is 0 Å². The summed E-state index contributed by atoms with van der Waals surface area (Å²) in [7, 11) is 0. The molecule has 0 heterocycles. The van der Waals surface area contributed by atoms with E-state index >= 15 is 0 Å². The molecule has 0 aliphatic heterocycles. The zero-order chi connectivity index (χ0) is 19.4. The molecule has 0 saturated carbocycles. The molecular weight excluding hydrogens is 388 g/mol. The highest BCUT2D eigenvalue weighted by Crippen LogP contribution is 2.35. The average molecular weight is 403 g/mol. The number of halogens is 5. The maximum absolute atomic E-state index is 12.8. The number of rotatable bonds is 7. The second-order valence-corrected chi connectivity index (χ2v) is 6.11. The molecule has 140 valence electrons. The Balaban J connectivity index is 3.05. The van der Waals surface area contributed by atoms with Crippen LogP contribution in [0.5, 0.6) is 5.75 Å². The lowest BCUT2D eigenvalue weighted by Gasteiger charge is -2.24. The maximum atomic E-state index is 12.8. The molecule has 1 aromatic carbocycles. The van der Waals surface area contributed by atoms with Gasteiger partial charge in [0.25, 0.3) is 0 Å². The molecule has 25 heavy (non-hydrogen) atoms. The number of hydrogen-bond acceptors (Lipinski definition) is 5. The minimum absolute atomic E-state index is 0.0343. The van der Waals surface area contributed by atoms with Crippen LogP contribution < -0.4 is 10.2 Å². The summed E-state index contributed by atoms with van der Waals surface area (Å²) in [6.45, 7) is 3.48. The first-order valence-corrected chi connectivity index (χ1v) is 7.58. The Labute approximate surface area is 151 Å². The van der Waals surface area contributed by atoms with E-state index in [0.29, 0.717) is 0 Å². The van der Waals surface area contributed by atoms with Crippen LogP contribution in [-0.2, 0) is 4.79 Å². The van der Waals surface area contributed by atoms with Crippen LogP contribution >= 0.6 is 23.2 Å². The number of ether oxygens (including phenoxy) is 1. The number of benzene rings is 1. The van der Waals surface area contributed by atoms with Crippen molar-refractivity contribution in [1.29, 1.82) is 0 Å². The molecule has 0 aromatic heterocycles. The maximum Gasteiger partial charge on any atom is 0.423 e. The van der Waals surface area contributed by atoms with Crippen molar-refractivity contribution in [2.24, 2.45) is 5.10 Å². The lowest BCUT2D eigenvalue weighted by Crippen LogP contribution is -2.48. The molecule has 1 unspecified atom stereocenters. The van der Waals surface area contributed by atoms with Gasteiger partial charge in [-0.15, -0.1) is 0 Å². The Morgan fingerprint density at radius 3 is 2.44 bits per heavy atom. The van der Waals surface area contributed by atoms with E-state index in [1.807, 2.05) is 0 Å². The van der Waals surface area contributed by atoms with E-state index in [4.69, 9.17) is 33.0 Å². The number of nitrogens with zero attached hydrogens (tertiary/aromatic N) is 1. The van der Waals surface area contributed by atoms with Gasteiger partial charge < -0.3 is 14.9 Å². The number of nitrogens with one attached hydrogen (secondary N) is 1. The number of carboxylic acid groups (broad SMARTS) is 1. The predicted molar refractivity (Wildman–Crippen MR) is 87.6 cm³/mol. The van der Waals surface area contributed by atoms with Gasteiger partial charge in [0.05, 0.1) is 34.5 Å². The zero-order valence-corrected chi connectivity index (χ0v) is 14.6. The standard InChI is InChI=1S/C14H15Cl2F3N2O4/c1-7(2)25-11-4-10(8(15)3-9(11)16)21-20-6-13(24,5-12(22)23)14(17,18)19/h3-4,6-7,21,24H,5H2,1-2H3,(H,22,23)/b20-6-. The Kier molecular flexibility index (Phi) is 6.92. The van der Waals surface area contributed by atoms with Crippen molar-refractivity contribution in [2.75, 3.05) is 5.43 Å². The molecule has 0 amide bonds. The third-order valence-corrected chi connectivity index (χ3v) is 3.37. The van der Waals surface area contributed by atoms with Crippen LogP contribution in [0.25, 0.3) is 0 Å². The minimum atomic E-state index is -5.23. The predicted octanol–water partition coefficient (Wildman–Crippen LogP) is 3.95. The monoisotopic (exact) mass is 402 g/mol. The topological polar surface area (TPSA) is 91.1 Å². The number of carboxylic acids is 1. The van der Waals surface area contributed by atoms with E-state index in [1.54, 1.807) is 13.8 Å². The fraction of sp³-hybridized carbons (Fsp3) is 0.429. The number of hydrazone groups is 1. The molecule has 0 aliphatic rings. The molecule has 6 nitrogen and oxygen atoms in total. The molecule has 0 fully saturated rings. The SMILES string of the molecule is CC(C)Oc1cc(N/N=C\C(O)(CC(=O)O)C(F)(F)F)c(Cl)cc1Cl. The summed E-state index contributed by atoms with van der Waals surface area (Å²) in [4.78, 5) is 10.5. The van der Waals surface area contributed by atoms with Gasteiger partial charge in [-0.25, -0.2) is 0 Å². The van der Waals surface area contributed by atoms with Crippen LogP contribution in [0.1, 0.15) is 20.3 Å². The highest BCUT2D eigenvalue weighted by molar-refractivity contribution is 6.37. The third-order valence-electron chi connectivity index (χ3n) is 2.76. The van der Waals surface area contributed by atoms with Gasteiger partial charge in [0.1, 0.15) is 5.75 Å².